The minimum absolute atomic E-state index is 0.0372. The Bertz CT molecular complexity index is 327. The van der Waals surface area contributed by atoms with Crippen molar-refractivity contribution in [3.63, 3.8) is 0 Å². The molecule has 2 fully saturated rings. The smallest absolute Gasteiger partial charge is 0.0760 e. The van der Waals surface area contributed by atoms with E-state index in [-0.39, 0.29) is 11.2 Å². The van der Waals surface area contributed by atoms with Crippen LogP contribution < -0.4 is 5.32 Å². The summed E-state index contributed by atoms with van der Waals surface area (Å²) in [5.74, 6) is 0.910. The van der Waals surface area contributed by atoms with E-state index in [0.29, 0.717) is 5.41 Å². The van der Waals surface area contributed by atoms with Crippen molar-refractivity contribution < 1.29 is 4.74 Å². The highest BCUT2D eigenvalue weighted by molar-refractivity contribution is 4.95. The number of hydrogen-bond donors (Lipinski definition) is 1. The summed E-state index contributed by atoms with van der Waals surface area (Å²) in [4.78, 5) is 2.66. The lowest BCUT2D eigenvalue weighted by Gasteiger charge is -2.51. The summed E-state index contributed by atoms with van der Waals surface area (Å²) >= 11 is 0. The standard InChI is InChI=1S/C18H36N2O/c1-15-7-9-18(10-8-15,11-19-6)14-20-12-16(2,3)21-17(4,5)13-20/h15,19H,7-14H2,1-6H3. The van der Waals surface area contributed by atoms with Crippen LogP contribution in [0.2, 0.25) is 0 Å². The lowest BCUT2D eigenvalue weighted by molar-refractivity contribution is -0.185. The zero-order chi connectivity index (χ0) is 15.7. The molecule has 0 aromatic heterocycles. The molecule has 124 valence electrons. The van der Waals surface area contributed by atoms with Crippen LogP contribution in [0.25, 0.3) is 0 Å². The van der Waals surface area contributed by atoms with Crippen molar-refractivity contribution in [1.82, 2.24) is 10.2 Å². The number of nitrogens with one attached hydrogen (secondary N) is 1. The van der Waals surface area contributed by atoms with Crippen molar-refractivity contribution in [2.45, 2.75) is 71.5 Å². The highest BCUT2D eigenvalue weighted by Gasteiger charge is 2.42. The zero-order valence-electron chi connectivity index (χ0n) is 15.1. The maximum absolute atomic E-state index is 6.23. The molecule has 1 saturated heterocycles. The van der Waals surface area contributed by atoms with E-state index < -0.39 is 0 Å². The van der Waals surface area contributed by atoms with E-state index in [4.69, 9.17) is 4.74 Å². The summed E-state index contributed by atoms with van der Waals surface area (Å²) in [6.45, 7) is 15.8. The van der Waals surface area contributed by atoms with Gasteiger partial charge >= 0.3 is 0 Å². The Balaban J connectivity index is 2.06. The van der Waals surface area contributed by atoms with Gasteiger partial charge in [0.1, 0.15) is 0 Å². The summed E-state index contributed by atoms with van der Waals surface area (Å²) in [5, 5.41) is 3.47. The van der Waals surface area contributed by atoms with Gasteiger partial charge in [-0.05, 0) is 58.9 Å². The Morgan fingerprint density at radius 2 is 1.57 bits per heavy atom. The summed E-state index contributed by atoms with van der Waals surface area (Å²) in [7, 11) is 2.10. The van der Waals surface area contributed by atoms with Gasteiger partial charge < -0.3 is 10.1 Å². The summed E-state index contributed by atoms with van der Waals surface area (Å²) in [5.41, 5.74) is 0.389. The van der Waals surface area contributed by atoms with Gasteiger partial charge in [0, 0.05) is 26.2 Å². The monoisotopic (exact) mass is 296 g/mol. The Morgan fingerprint density at radius 1 is 1.05 bits per heavy atom. The molecular weight excluding hydrogens is 260 g/mol. The highest BCUT2D eigenvalue weighted by atomic mass is 16.5. The summed E-state index contributed by atoms with van der Waals surface area (Å²) < 4.78 is 6.23. The molecule has 1 heterocycles. The van der Waals surface area contributed by atoms with Crippen LogP contribution >= 0.6 is 0 Å². The largest absolute Gasteiger partial charge is 0.367 e. The summed E-state index contributed by atoms with van der Waals surface area (Å²) in [6.07, 6.45) is 5.51. The van der Waals surface area contributed by atoms with Crippen molar-refractivity contribution in [2.75, 3.05) is 33.2 Å². The van der Waals surface area contributed by atoms with Crippen LogP contribution in [0.4, 0.5) is 0 Å². The van der Waals surface area contributed by atoms with Crippen LogP contribution in [-0.4, -0.2) is 49.3 Å². The molecule has 0 aromatic carbocycles. The number of morpholine rings is 1. The minimum atomic E-state index is -0.0372. The topological polar surface area (TPSA) is 24.5 Å². The van der Waals surface area contributed by atoms with Gasteiger partial charge in [0.15, 0.2) is 0 Å². The van der Waals surface area contributed by atoms with Crippen LogP contribution in [0.1, 0.15) is 60.3 Å². The second kappa shape index (κ2) is 6.17. The Labute approximate surface area is 131 Å². The van der Waals surface area contributed by atoms with Crippen molar-refractivity contribution in [1.29, 1.82) is 0 Å². The van der Waals surface area contributed by atoms with Crippen molar-refractivity contribution in [3.05, 3.63) is 0 Å². The van der Waals surface area contributed by atoms with Crippen molar-refractivity contribution in [2.24, 2.45) is 11.3 Å². The van der Waals surface area contributed by atoms with E-state index >= 15 is 0 Å². The van der Waals surface area contributed by atoms with E-state index in [1.807, 2.05) is 0 Å². The lowest BCUT2D eigenvalue weighted by Crippen LogP contribution is -2.60. The fourth-order valence-electron chi connectivity index (χ4n) is 4.67. The number of hydrogen-bond acceptors (Lipinski definition) is 3. The third kappa shape index (κ3) is 4.67. The number of ether oxygens (including phenoxy) is 1. The van der Waals surface area contributed by atoms with E-state index in [0.717, 1.165) is 25.6 Å². The predicted octanol–water partition coefficient (Wildman–Crippen LogP) is 3.29. The second-order valence-corrected chi connectivity index (χ2v) is 8.98. The predicted molar refractivity (Wildman–Crippen MR) is 89.7 cm³/mol. The molecule has 0 aromatic rings. The zero-order valence-corrected chi connectivity index (χ0v) is 15.1. The van der Waals surface area contributed by atoms with Gasteiger partial charge in [-0.1, -0.05) is 19.8 Å². The van der Waals surface area contributed by atoms with Gasteiger partial charge in [-0.15, -0.1) is 0 Å². The maximum Gasteiger partial charge on any atom is 0.0760 e. The van der Waals surface area contributed by atoms with Crippen molar-refractivity contribution >= 4 is 0 Å². The average Bonchev–Trinajstić information content (AvgIpc) is 2.29. The van der Waals surface area contributed by atoms with Crippen LogP contribution in [0.5, 0.6) is 0 Å². The first-order valence-electron chi connectivity index (χ1n) is 8.73. The van der Waals surface area contributed by atoms with E-state index in [2.05, 4.69) is 51.9 Å². The van der Waals surface area contributed by atoms with E-state index in [1.54, 1.807) is 0 Å². The summed E-state index contributed by atoms with van der Waals surface area (Å²) in [6, 6.07) is 0. The van der Waals surface area contributed by atoms with E-state index in [1.165, 1.54) is 32.2 Å². The van der Waals surface area contributed by atoms with Gasteiger partial charge in [-0.3, -0.25) is 4.90 Å². The molecule has 0 radical (unpaired) electrons. The molecule has 1 aliphatic carbocycles. The van der Waals surface area contributed by atoms with Gasteiger partial charge in [-0.25, -0.2) is 0 Å². The first-order valence-corrected chi connectivity index (χ1v) is 8.73. The average molecular weight is 296 g/mol. The Morgan fingerprint density at radius 3 is 2.05 bits per heavy atom. The Kier molecular flexibility index (Phi) is 5.07. The van der Waals surface area contributed by atoms with Crippen LogP contribution in [0.3, 0.4) is 0 Å². The molecule has 1 N–H and O–H groups in total. The first-order chi connectivity index (χ1) is 9.65. The third-order valence-electron chi connectivity index (χ3n) is 5.21. The third-order valence-corrected chi connectivity index (χ3v) is 5.21. The Hall–Kier alpha value is -0.120. The van der Waals surface area contributed by atoms with Gasteiger partial charge in [0.2, 0.25) is 0 Å². The molecule has 3 nitrogen and oxygen atoms in total. The molecule has 0 spiro atoms. The SMILES string of the molecule is CNCC1(CN2CC(C)(C)OC(C)(C)C2)CCC(C)CC1. The molecule has 3 heteroatoms. The molecule has 0 atom stereocenters. The number of nitrogens with zero attached hydrogens (tertiary/aromatic N) is 1. The van der Waals surface area contributed by atoms with E-state index in [9.17, 15) is 0 Å². The molecular formula is C18H36N2O. The van der Waals surface area contributed by atoms with Crippen LogP contribution in [0.15, 0.2) is 0 Å². The van der Waals surface area contributed by atoms with Gasteiger partial charge in [-0.2, -0.15) is 0 Å². The molecule has 1 saturated carbocycles. The molecule has 0 bridgehead atoms. The first kappa shape index (κ1) is 17.2. The fourth-order valence-corrected chi connectivity index (χ4v) is 4.67. The molecule has 1 aliphatic heterocycles. The van der Waals surface area contributed by atoms with Crippen LogP contribution in [-0.2, 0) is 4.74 Å². The molecule has 0 amide bonds. The molecule has 2 rings (SSSR count). The highest BCUT2D eigenvalue weighted by Crippen LogP contribution is 2.40. The van der Waals surface area contributed by atoms with Crippen molar-refractivity contribution in [3.8, 4) is 0 Å². The van der Waals surface area contributed by atoms with Crippen LogP contribution in [0, 0.1) is 11.3 Å². The second-order valence-electron chi connectivity index (χ2n) is 8.98. The molecule has 2 aliphatic rings. The molecule has 21 heavy (non-hydrogen) atoms. The quantitative estimate of drug-likeness (QED) is 0.861. The molecule has 0 unspecified atom stereocenters. The van der Waals surface area contributed by atoms with Gasteiger partial charge in [0.25, 0.3) is 0 Å². The van der Waals surface area contributed by atoms with Gasteiger partial charge in [0.05, 0.1) is 11.2 Å². The normalized spacial score (nSPS) is 36.6. The lowest BCUT2D eigenvalue weighted by atomic mass is 9.70. The fraction of sp³-hybridized carbons (Fsp3) is 1.00. The maximum atomic E-state index is 6.23. The minimum Gasteiger partial charge on any atom is -0.367 e. The number of rotatable bonds is 4.